The second-order valence-electron chi connectivity index (χ2n) is 4.47. The maximum absolute atomic E-state index is 13.4. The maximum Gasteiger partial charge on any atom is 0.255 e. The summed E-state index contributed by atoms with van der Waals surface area (Å²) in [7, 11) is 0. The number of carbonyl (C=O) groups excluding carboxylic acids is 2. The van der Waals surface area contributed by atoms with E-state index in [0.717, 1.165) is 6.07 Å². The fourth-order valence-corrected chi connectivity index (χ4v) is 1.74. The van der Waals surface area contributed by atoms with E-state index in [1.807, 2.05) is 5.32 Å². The first-order valence-corrected chi connectivity index (χ1v) is 6.39. The average molecular weight is 324 g/mol. The van der Waals surface area contributed by atoms with Gasteiger partial charge < -0.3 is 15.7 Å². The number of hydrogen-bond donors (Lipinski definition) is 3. The molecule has 0 spiro atoms. The predicted molar refractivity (Wildman–Crippen MR) is 75.4 cm³/mol. The summed E-state index contributed by atoms with van der Waals surface area (Å²) in [5.74, 6) is -6.46. The van der Waals surface area contributed by atoms with Gasteiger partial charge in [0.05, 0.1) is 17.8 Å². The van der Waals surface area contributed by atoms with Gasteiger partial charge in [0.15, 0.2) is 17.5 Å². The zero-order valence-electron chi connectivity index (χ0n) is 11.6. The number of phenolic OH excluding ortho intramolecular Hbond substituents is 1. The van der Waals surface area contributed by atoms with E-state index in [1.165, 1.54) is 24.3 Å². The molecule has 120 valence electrons. The number of anilines is 1. The fourth-order valence-electron chi connectivity index (χ4n) is 1.74. The standard InChI is InChI=1S/C15H11F3N2O3/c16-9-5-6-10(14(18)13(9)17)20-12(22)7-19-15(23)8-3-1-2-4-11(8)21/h1-6,21H,7H2,(H,19,23)(H,20,22). The lowest BCUT2D eigenvalue weighted by atomic mass is 10.2. The van der Waals surface area contributed by atoms with Gasteiger partial charge in [0.2, 0.25) is 5.91 Å². The zero-order valence-corrected chi connectivity index (χ0v) is 11.6. The molecule has 2 amide bonds. The number of para-hydroxylation sites is 1. The van der Waals surface area contributed by atoms with Gasteiger partial charge in [-0.15, -0.1) is 0 Å². The Bertz CT molecular complexity index is 766. The molecular formula is C15H11F3N2O3. The monoisotopic (exact) mass is 324 g/mol. The third-order valence-corrected chi connectivity index (χ3v) is 2.87. The maximum atomic E-state index is 13.4. The van der Waals surface area contributed by atoms with Crippen molar-refractivity contribution in [2.45, 2.75) is 0 Å². The molecule has 0 atom stereocenters. The summed E-state index contributed by atoms with van der Waals surface area (Å²) in [6, 6.07) is 7.20. The minimum absolute atomic E-state index is 0.0423. The molecule has 0 bridgehead atoms. The van der Waals surface area contributed by atoms with Gasteiger partial charge in [-0.05, 0) is 24.3 Å². The Kier molecular flexibility index (Phi) is 4.85. The number of benzene rings is 2. The van der Waals surface area contributed by atoms with Crippen molar-refractivity contribution in [2.75, 3.05) is 11.9 Å². The molecule has 0 heterocycles. The summed E-state index contributed by atoms with van der Waals surface area (Å²) >= 11 is 0. The lowest BCUT2D eigenvalue weighted by molar-refractivity contribution is -0.115. The largest absolute Gasteiger partial charge is 0.507 e. The van der Waals surface area contributed by atoms with E-state index in [1.54, 1.807) is 0 Å². The lowest BCUT2D eigenvalue weighted by Crippen LogP contribution is -2.33. The van der Waals surface area contributed by atoms with Crippen LogP contribution in [0, 0.1) is 17.5 Å². The molecule has 0 saturated heterocycles. The molecule has 3 N–H and O–H groups in total. The van der Waals surface area contributed by atoms with E-state index in [9.17, 15) is 27.9 Å². The highest BCUT2D eigenvalue weighted by Crippen LogP contribution is 2.19. The summed E-state index contributed by atoms with van der Waals surface area (Å²) in [6.07, 6.45) is 0. The van der Waals surface area contributed by atoms with E-state index in [2.05, 4.69) is 5.32 Å². The Hall–Kier alpha value is -3.03. The molecule has 0 unspecified atom stereocenters. The van der Waals surface area contributed by atoms with Crippen molar-refractivity contribution < 1.29 is 27.9 Å². The molecule has 2 aromatic rings. The quantitative estimate of drug-likeness (QED) is 0.754. The van der Waals surface area contributed by atoms with Gasteiger partial charge in [-0.25, -0.2) is 13.2 Å². The Morgan fingerprint density at radius 1 is 1.00 bits per heavy atom. The smallest absolute Gasteiger partial charge is 0.255 e. The molecule has 0 aliphatic carbocycles. The van der Waals surface area contributed by atoms with E-state index in [-0.39, 0.29) is 11.3 Å². The number of phenols is 1. The minimum atomic E-state index is -1.71. The number of amides is 2. The SMILES string of the molecule is O=C(CNC(=O)c1ccccc1O)Nc1ccc(F)c(F)c1F. The topological polar surface area (TPSA) is 78.4 Å². The van der Waals surface area contributed by atoms with Crippen LogP contribution in [0.25, 0.3) is 0 Å². The molecule has 0 saturated carbocycles. The summed E-state index contributed by atoms with van der Waals surface area (Å²) in [6.45, 7) is -0.550. The van der Waals surface area contributed by atoms with Gasteiger partial charge in [-0.2, -0.15) is 0 Å². The van der Waals surface area contributed by atoms with Crippen LogP contribution in [0.5, 0.6) is 5.75 Å². The third-order valence-electron chi connectivity index (χ3n) is 2.87. The molecule has 23 heavy (non-hydrogen) atoms. The average Bonchev–Trinajstić information content (AvgIpc) is 2.53. The van der Waals surface area contributed by atoms with Crippen molar-refractivity contribution in [1.82, 2.24) is 5.32 Å². The van der Waals surface area contributed by atoms with Gasteiger partial charge in [-0.1, -0.05) is 12.1 Å². The normalized spacial score (nSPS) is 10.2. The Morgan fingerprint density at radius 2 is 1.70 bits per heavy atom. The molecule has 0 radical (unpaired) electrons. The van der Waals surface area contributed by atoms with Crippen molar-refractivity contribution in [1.29, 1.82) is 0 Å². The van der Waals surface area contributed by atoms with Crippen LogP contribution in [-0.2, 0) is 4.79 Å². The number of aromatic hydroxyl groups is 1. The molecule has 0 fully saturated rings. The Labute approximate surface area is 128 Å². The van der Waals surface area contributed by atoms with Crippen LogP contribution in [0.15, 0.2) is 36.4 Å². The Balaban J connectivity index is 1.97. The number of hydrogen-bond acceptors (Lipinski definition) is 3. The first-order valence-electron chi connectivity index (χ1n) is 6.39. The number of carbonyl (C=O) groups is 2. The second kappa shape index (κ2) is 6.82. The van der Waals surface area contributed by atoms with E-state index in [0.29, 0.717) is 6.07 Å². The lowest BCUT2D eigenvalue weighted by Gasteiger charge is -2.09. The van der Waals surface area contributed by atoms with Gasteiger partial charge >= 0.3 is 0 Å². The highest BCUT2D eigenvalue weighted by Gasteiger charge is 2.16. The highest BCUT2D eigenvalue weighted by molar-refractivity contribution is 6.00. The number of rotatable bonds is 4. The van der Waals surface area contributed by atoms with Crippen LogP contribution in [-0.4, -0.2) is 23.5 Å². The van der Waals surface area contributed by atoms with Crippen molar-refractivity contribution in [3.8, 4) is 5.75 Å². The van der Waals surface area contributed by atoms with Gasteiger partial charge in [0.25, 0.3) is 5.91 Å². The zero-order chi connectivity index (χ0) is 17.0. The van der Waals surface area contributed by atoms with Gasteiger partial charge in [0, 0.05) is 0 Å². The molecule has 0 aliphatic heterocycles. The molecule has 2 aromatic carbocycles. The summed E-state index contributed by atoms with van der Waals surface area (Å²) in [4.78, 5) is 23.4. The molecule has 5 nitrogen and oxygen atoms in total. The molecule has 0 aromatic heterocycles. The predicted octanol–water partition coefficient (Wildman–Crippen LogP) is 2.18. The molecule has 0 aliphatic rings. The van der Waals surface area contributed by atoms with Crippen molar-refractivity contribution in [2.24, 2.45) is 0 Å². The van der Waals surface area contributed by atoms with Crippen LogP contribution in [0.3, 0.4) is 0 Å². The minimum Gasteiger partial charge on any atom is -0.507 e. The van der Waals surface area contributed by atoms with Gasteiger partial charge in [-0.3, -0.25) is 9.59 Å². The highest BCUT2D eigenvalue weighted by atomic mass is 19.2. The summed E-state index contributed by atoms with van der Waals surface area (Å²) in [5.41, 5.74) is -0.593. The first kappa shape index (κ1) is 16.3. The van der Waals surface area contributed by atoms with Crippen LogP contribution in [0.1, 0.15) is 10.4 Å². The van der Waals surface area contributed by atoms with E-state index >= 15 is 0 Å². The molecule has 2 rings (SSSR count). The van der Waals surface area contributed by atoms with Crippen LogP contribution >= 0.6 is 0 Å². The molecular weight excluding hydrogens is 313 g/mol. The van der Waals surface area contributed by atoms with Crippen LogP contribution in [0.4, 0.5) is 18.9 Å². The summed E-state index contributed by atoms with van der Waals surface area (Å²) < 4.78 is 39.2. The third kappa shape index (κ3) is 3.79. The van der Waals surface area contributed by atoms with Crippen molar-refractivity contribution in [3.05, 3.63) is 59.4 Å². The number of nitrogens with one attached hydrogen (secondary N) is 2. The van der Waals surface area contributed by atoms with Crippen LogP contribution in [0.2, 0.25) is 0 Å². The first-order chi connectivity index (χ1) is 10.9. The van der Waals surface area contributed by atoms with Crippen molar-refractivity contribution in [3.63, 3.8) is 0 Å². The van der Waals surface area contributed by atoms with Crippen LogP contribution < -0.4 is 10.6 Å². The summed E-state index contributed by atoms with van der Waals surface area (Å²) in [5, 5.41) is 13.7. The fraction of sp³-hybridized carbons (Fsp3) is 0.0667. The number of halogens is 3. The van der Waals surface area contributed by atoms with E-state index in [4.69, 9.17) is 0 Å². The van der Waals surface area contributed by atoms with E-state index < -0.39 is 41.5 Å². The second-order valence-corrected chi connectivity index (χ2v) is 4.47. The Morgan fingerprint density at radius 3 is 2.39 bits per heavy atom. The van der Waals surface area contributed by atoms with Gasteiger partial charge in [0.1, 0.15) is 5.75 Å². The molecule has 8 heteroatoms. The van der Waals surface area contributed by atoms with Crippen molar-refractivity contribution >= 4 is 17.5 Å².